The standard InChI is InChI=1S/C6H9BrO2/c1-4(7)6(8)9-5-2-3-5/h4-5H,2-3H2,1H3. The monoisotopic (exact) mass is 192 g/mol. The van der Waals surface area contributed by atoms with Crippen molar-refractivity contribution >= 4 is 21.9 Å². The van der Waals surface area contributed by atoms with Crippen LogP contribution in [-0.2, 0) is 9.53 Å². The second-order valence-electron chi connectivity index (χ2n) is 2.25. The number of halogens is 1. The predicted octanol–water partition coefficient (Wildman–Crippen LogP) is 1.48. The minimum absolute atomic E-state index is 0.141. The van der Waals surface area contributed by atoms with Gasteiger partial charge in [0.15, 0.2) is 0 Å². The Bertz CT molecular complexity index is 118. The lowest BCUT2D eigenvalue weighted by molar-refractivity contribution is -0.143. The fraction of sp³-hybridized carbons (Fsp3) is 0.833. The van der Waals surface area contributed by atoms with Crippen LogP contribution in [0.15, 0.2) is 0 Å². The zero-order valence-corrected chi connectivity index (χ0v) is 6.85. The number of hydrogen-bond donors (Lipinski definition) is 0. The van der Waals surface area contributed by atoms with Gasteiger partial charge in [-0.25, -0.2) is 0 Å². The minimum atomic E-state index is -0.155. The lowest BCUT2D eigenvalue weighted by Crippen LogP contribution is -2.14. The van der Waals surface area contributed by atoms with Gasteiger partial charge in [0, 0.05) is 0 Å². The first kappa shape index (κ1) is 7.06. The highest BCUT2D eigenvalue weighted by molar-refractivity contribution is 9.10. The van der Waals surface area contributed by atoms with Crippen molar-refractivity contribution in [3.63, 3.8) is 0 Å². The molecule has 0 spiro atoms. The molecule has 0 bridgehead atoms. The van der Waals surface area contributed by atoms with Crippen LogP contribution in [0.3, 0.4) is 0 Å². The van der Waals surface area contributed by atoms with Gasteiger partial charge in [-0.1, -0.05) is 15.9 Å². The number of esters is 1. The van der Waals surface area contributed by atoms with E-state index in [0.29, 0.717) is 0 Å². The number of hydrogen-bond acceptors (Lipinski definition) is 2. The van der Waals surface area contributed by atoms with E-state index in [1.165, 1.54) is 0 Å². The first-order valence-electron chi connectivity index (χ1n) is 3.04. The van der Waals surface area contributed by atoms with Gasteiger partial charge >= 0.3 is 5.97 Å². The third-order valence-electron chi connectivity index (χ3n) is 1.13. The molecule has 0 aromatic carbocycles. The Labute approximate surface area is 62.7 Å². The van der Waals surface area contributed by atoms with Crippen molar-refractivity contribution in [2.24, 2.45) is 0 Å². The largest absolute Gasteiger partial charge is 0.462 e. The molecule has 1 aliphatic carbocycles. The number of carbonyl (C=O) groups excluding carboxylic acids is 1. The SMILES string of the molecule is CC(Br)C(=O)OC1CC1. The molecule has 52 valence electrons. The highest BCUT2D eigenvalue weighted by Crippen LogP contribution is 2.24. The van der Waals surface area contributed by atoms with Gasteiger partial charge in [0.05, 0.1) is 0 Å². The van der Waals surface area contributed by atoms with Crippen molar-refractivity contribution in [2.45, 2.75) is 30.7 Å². The summed E-state index contributed by atoms with van der Waals surface area (Å²) in [5.74, 6) is -0.141. The highest BCUT2D eigenvalue weighted by Gasteiger charge is 2.27. The summed E-state index contributed by atoms with van der Waals surface area (Å²) in [6.45, 7) is 1.77. The molecule has 0 aliphatic heterocycles. The molecule has 0 saturated heterocycles. The van der Waals surface area contributed by atoms with Crippen LogP contribution in [0, 0.1) is 0 Å². The molecular weight excluding hydrogens is 184 g/mol. The topological polar surface area (TPSA) is 26.3 Å². The van der Waals surface area contributed by atoms with Crippen LogP contribution < -0.4 is 0 Å². The fourth-order valence-electron chi connectivity index (χ4n) is 0.444. The minimum Gasteiger partial charge on any atom is -0.462 e. The molecule has 1 unspecified atom stereocenters. The molecule has 0 aromatic heterocycles. The molecule has 1 atom stereocenters. The van der Waals surface area contributed by atoms with Crippen molar-refractivity contribution in [2.75, 3.05) is 0 Å². The Kier molecular flexibility index (Phi) is 2.11. The average Bonchev–Trinajstić information content (AvgIpc) is 2.50. The molecular formula is C6H9BrO2. The Morgan fingerprint density at radius 1 is 1.78 bits per heavy atom. The Morgan fingerprint density at radius 3 is 2.67 bits per heavy atom. The maximum Gasteiger partial charge on any atom is 0.319 e. The Morgan fingerprint density at radius 2 is 2.33 bits per heavy atom. The van der Waals surface area contributed by atoms with E-state index < -0.39 is 0 Å². The van der Waals surface area contributed by atoms with E-state index >= 15 is 0 Å². The molecule has 0 heterocycles. The normalized spacial score (nSPS) is 21.1. The molecule has 3 heteroatoms. The summed E-state index contributed by atoms with van der Waals surface area (Å²) in [5, 5.41) is 0. The molecule has 0 amide bonds. The smallest absolute Gasteiger partial charge is 0.319 e. The summed E-state index contributed by atoms with van der Waals surface area (Å²) >= 11 is 3.12. The molecule has 0 radical (unpaired) electrons. The average molecular weight is 193 g/mol. The quantitative estimate of drug-likeness (QED) is 0.490. The summed E-state index contributed by atoms with van der Waals surface area (Å²) in [7, 11) is 0. The van der Waals surface area contributed by atoms with Crippen LogP contribution in [0.2, 0.25) is 0 Å². The van der Waals surface area contributed by atoms with Crippen LogP contribution >= 0.6 is 15.9 Å². The van der Waals surface area contributed by atoms with Crippen LogP contribution in [0.5, 0.6) is 0 Å². The van der Waals surface area contributed by atoms with Crippen LogP contribution in [-0.4, -0.2) is 16.9 Å². The summed E-state index contributed by atoms with van der Waals surface area (Å²) < 4.78 is 4.94. The predicted molar refractivity (Wildman–Crippen MR) is 37.5 cm³/mol. The Balaban J connectivity index is 2.17. The summed E-state index contributed by atoms with van der Waals surface area (Å²) in [6.07, 6.45) is 2.33. The van der Waals surface area contributed by atoms with Crippen molar-refractivity contribution in [1.82, 2.24) is 0 Å². The van der Waals surface area contributed by atoms with Crippen LogP contribution in [0.1, 0.15) is 19.8 Å². The van der Waals surface area contributed by atoms with Gasteiger partial charge in [0.2, 0.25) is 0 Å². The van der Waals surface area contributed by atoms with Crippen molar-refractivity contribution in [3.05, 3.63) is 0 Å². The van der Waals surface area contributed by atoms with E-state index in [1.54, 1.807) is 6.92 Å². The summed E-state index contributed by atoms with van der Waals surface area (Å²) in [4.78, 5) is 10.6. The Hall–Kier alpha value is -0.0500. The van der Waals surface area contributed by atoms with Gasteiger partial charge in [-0.2, -0.15) is 0 Å². The zero-order chi connectivity index (χ0) is 6.85. The van der Waals surface area contributed by atoms with E-state index in [2.05, 4.69) is 15.9 Å². The number of carbonyl (C=O) groups is 1. The second-order valence-corrected chi connectivity index (χ2v) is 3.63. The summed E-state index contributed by atoms with van der Waals surface area (Å²) in [5.41, 5.74) is 0. The van der Waals surface area contributed by atoms with Gasteiger partial charge < -0.3 is 4.74 Å². The maximum atomic E-state index is 10.7. The van der Waals surface area contributed by atoms with Crippen molar-refractivity contribution in [3.8, 4) is 0 Å². The van der Waals surface area contributed by atoms with Crippen molar-refractivity contribution < 1.29 is 9.53 Å². The summed E-state index contributed by atoms with van der Waals surface area (Å²) in [6, 6.07) is 0. The van der Waals surface area contributed by atoms with Crippen LogP contribution in [0.25, 0.3) is 0 Å². The molecule has 1 aliphatic rings. The molecule has 9 heavy (non-hydrogen) atoms. The van der Waals surface area contributed by atoms with E-state index in [1.807, 2.05) is 0 Å². The van der Waals surface area contributed by atoms with E-state index in [0.717, 1.165) is 12.8 Å². The number of rotatable bonds is 2. The lowest BCUT2D eigenvalue weighted by atomic mass is 10.5. The fourth-order valence-corrected chi connectivity index (χ4v) is 0.552. The molecule has 1 rings (SSSR count). The number of alkyl halides is 1. The van der Waals surface area contributed by atoms with Crippen LogP contribution in [0.4, 0.5) is 0 Å². The highest BCUT2D eigenvalue weighted by atomic mass is 79.9. The third-order valence-corrected chi connectivity index (χ3v) is 1.51. The van der Waals surface area contributed by atoms with Gasteiger partial charge in [-0.15, -0.1) is 0 Å². The molecule has 1 fully saturated rings. The maximum absolute atomic E-state index is 10.7. The van der Waals surface area contributed by atoms with Gasteiger partial charge in [0.25, 0.3) is 0 Å². The van der Waals surface area contributed by atoms with Crippen molar-refractivity contribution in [1.29, 1.82) is 0 Å². The van der Waals surface area contributed by atoms with E-state index in [9.17, 15) is 4.79 Å². The van der Waals surface area contributed by atoms with E-state index in [-0.39, 0.29) is 16.9 Å². The molecule has 2 nitrogen and oxygen atoms in total. The van der Waals surface area contributed by atoms with Gasteiger partial charge in [-0.05, 0) is 19.8 Å². The molecule has 0 aromatic rings. The second kappa shape index (κ2) is 2.69. The zero-order valence-electron chi connectivity index (χ0n) is 5.26. The van der Waals surface area contributed by atoms with Gasteiger partial charge in [-0.3, -0.25) is 4.79 Å². The van der Waals surface area contributed by atoms with E-state index in [4.69, 9.17) is 4.74 Å². The van der Waals surface area contributed by atoms with Gasteiger partial charge in [0.1, 0.15) is 10.9 Å². The lowest BCUT2D eigenvalue weighted by Gasteiger charge is -2.02. The third kappa shape index (κ3) is 2.35. The molecule has 1 saturated carbocycles. The first-order valence-corrected chi connectivity index (χ1v) is 3.96. The number of ether oxygens (including phenoxy) is 1. The molecule has 0 N–H and O–H groups in total. The first-order chi connectivity index (χ1) is 4.20.